The second kappa shape index (κ2) is 4.48. The Labute approximate surface area is 110 Å². The molecule has 0 spiro atoms. The van der Waals surface area contributed by atoms with Gasteiger partial charge in [0.2, 0.25) is 0 Å². The molecule has 0 aromatic rings. The van der Waals surface area contributed by atoms with Crippen LogP contribution in [-0.2, 0) is 9.84 Å². The number of aliphatic hydroxyl groups is 1. The Hall–Kier alpha value is -0.0900. The third-order valence-corrected chi connectivity index (χ3v) is 8.01. The van der Waals surface area contributed by atoms with E-state index in [1.165, 1.54) is 32.1 Å². The summed E-state index contributed by atoms with van der Waals surface area (Å²) in [5.41, 5.74) is -0.681. The van der Waals surface area contributed by atoms with Gasteiger partial charge in [-0.1, -0.05) is 32.1 Å². The summed E-state index contributed by atoms with van der Waals surface area (Å²) < 4.78 is 24.1. The second-order valence-corrected chi connectivity index (χ2v) is 9.26. The number of hydrogen-bond acceptors (Lipinski definition) is 3. The first-order valence-electron chi connectivity index (χ1n) is 7.45. The van der Waals surface area contributed by atoms with Crippen LogP contribution in [0.25, 0.3) is 0 Å². The highest BCUT2D eigenvalue weighted by molar-refractivity contribution is 7.93. The largest absolute Gasteiger partial charge is 0.390 e. The Morgan fingerprint density at radius 2 is 1.50 bits per heavy atom. The number of hydrogen-bond donors (Lipinski definition) is 1. The highest BCUT2D eigenvalue weighted by Crippen LogP contribution is 2.46. The highest BCUT2D eigenvalue weighted by Gasteiger charge is 2.52. The first-order valence-corrected chi connectivity index (χ1v) is 9.06. The average molecular weight is 272 g/mol. The Balaban J connectivity index is 1.69. The molecule has 1 aliphatic carbocycles. The molecule has 1 saturated carbocycles. The zero-order valence-electron chi connectivity index (χ0n) is 11.0. The van der Waals surface area contributed by atoms with E-state index in [1.54, 1.807) is 0 Å². The van der Waals surface area contributed by atoms with Gasteiger partial charge in [-0.05, 0) is 38.0 Å². The van der Waals surface area contributed by atoms with Gasteiger partial charge in [-0.2, -0.15) is 0 Å². The van der Waals surface area contributed by atoms with Crippen LogP contribution in [0.15, 0.2) is 0 Å². The van der Waals surface area contributed by atoms with E-state index in [4.69, 9.17) is 0 Å². The lowest BCUT2D eigenvalue weighted by Gasteiger charge is -2.39. The summed E-state index contributed by atoms with van der Waals surface area (Å²) in [6.45, 7) is 0. The molecule has 3 aliphatic rings. The first kappa shape index (κ1) is 12.9. The van der Waals surface area contributed by atoms with E-state index in [9.17, 15) is 13.5 Å². The summed E-state index contributed by atoms with van der Waals surface area (Å²) in [5, 5.41) is 10.3. The van der Waals surface area contributed by atoms with Crippen molar-refractivity contribution in [2.75, 3.05) is 0 Å². The molecule has 3 nitrogen and oxygen atoms in total. The van der Waals surface area contributed by atoms with Crippen molar-refractivity contribution in [1.82, 2.24) is 0 Å². The number of rotatable bonds is 2. The lowest BCUT2D eigenvalue weighted by atomic mass is 9.78. The van der Waals surface area contributed by atoms with E-state index < -0.39 is 15.4 Å². The van der Waals surface area contributed by atoms with Crippen molar-refractivity contribution < 1.29 is 13.5 Å². The summed E-state index contributed by atoms with van der Waals surface area (Å²) in [4.78, 5) is 0. The van der Waals surface area contributed by atoms with Crippen molar-refractivity contribution in [2.45, 2.75) is 80.3 Å². The standard InChI is InChI=1S/C14H24O3S/c15-14(8-11-4-2-1-3-5-11)9-12-6-7-13(10-14)18(12,16)17/h11-13,15H,1-10H2. The zero-order chi connectivity index (χ0) is 12.8. The molecular weight excluding hydrogens is 248 g/mol. The van der Waals surface area contributed by atoms with Crippen molar-refractivity contribution in [3.8, 4) is 0 Å². The summed E-state index contributed by atoms with van der Waals surface area (Å²) in [5.74, 6) is 0.629. The summed E-state index contributed by atoms with van der Waals surface area (Å²) in [6.07, 6.45) is 9.75. The molecule has 3 rings (SSSR count). The van der Waals surface area contributed by atoms with E-state index in [2.05, 4.69) is 0 Å². The molecular formula is C14H24O3S. The molecule has 1 N–H and O–H groups in total. The van der Waals surface area contributed by atoms with Crippen LogP contribution in [-0.4, -0.2) is 29.6 Å². The van der Waals surface area contributed by atoms with E-state index in [1.807, 2.05) is 0 Å². The third kappa shape index (κ3) is 2.22. The Kier molecular flexibility index (Phi) is 3.22. The Bertz CT molecular complexity index is 389. The molecule has 18 heavy (non-hydrogen) atoms. The van der Waals surface area contributed by atoms with Crippen molar-refractivity contribution in [2.24, 2.45) is 5.92 Å². The second-order valence-electron chi connectivity index (χ2n) is 6.75. The smallest absolute Gasteiger partial charge is 0.156 e. The van der Waals surface area contributed by atoms with Crippen molar-refractivity contribution in [3.63, 3.8) is 0 Å². The first-order chi connectivity index (χ1) is 8.50. The van der Waals surface area contributed by atoms with E-state index in [0.717, 1.165) is 19.3 Å². The van der Waals surface area contributed by atoms with Crippen LogP contribution in [0.3, 0.4) is 0 Å². The average Bonchev–Trinajstić information content (AvgIpc) is 2.51. The van der Waals surface area contributed by atoms with Crippen LogP contribution in [0.4, 0.5) is 0 Å². The van der Waals surface area contributed by atoms with Gasteiger partial charge in [-0.25, -0.2) is 8.42 Å². The summed E-state index contributed by atoms with van der Waals surface area (Å²) >= 11 is 0. The highest BCUT2D eigenvalue weighted by atomic mass is 32.2. The number of fused-ring (bicyclic) bond motifs is 2. The normalized spacial score (nSPS) is 44.1. The third-order valence-electron chi connectivity index (χ3n) is 5.35. The van der Waals surface area contributed by atoms with E-state index >= 15 is 0 Å². The van der Waals surface area contributed by atoms with Gasteiger partial charge >= 0.3 is 0 Å². The Morgan fingerprint density at radius 1 is 0.944 bits per heavy atom. The van der Waals surface area contributed by atoms with Gasteiger partial charge in [0.05, 0.1) is 16.1 Å². The van der Waals surface area contributed by atoms with Crippen LogP contribution in [0.1, 0.15) is 64.2 Å². The lowest BCUT2D eigenvalue weighted by molar-refractivity contribution is -0.00648. The predicted molar refractivity (Wildman–Crippen MR) is 71.1 cm³/mol. The molecule has 0 aromatic carbocycles. The summed E-state index contributed by atoms with van der Waals surface area (Å²) in [6, 6.07) is 0. The fourth-order valence-electron chi connectivity index (χ4n) is 4.44. The van der Waals surface area contributed by atoms with Gasteiger partial charge in [0.15, 0.2) is 9.84 Å². The minimum Gasteiger partial charge on any atom is -0.390 e. The quantitative estimate of drug-likeness (QED) is 0.840. The van der Waals surface area contributed by atoms with Crippen LogP contribution >= 0.6 is 0 Å². The van der Waals surface area contributed by atoms with Crippen LogP contribution in [0, 0.1) is 5.92 Å². The van der Waals surface area contributed by atoms with Crippen LogP contribution in [0.5, 0.6) is 0 Å². The van der Waals surface area contributed by atoms with Crippen molar-refractivity contribution in [3.05, 3.63) is 0 Å². The van der Waals surface area contributed by atoms with E-state index in [0.29, 0.717) is 18.8 Å². The minimum atomic E-state index is -2.90. The SMILES string of the molecule is O=S1(=O)C2CCC1CC(O)(CC1CCCCC1)C2. The Morgan fingerprint density at radius 3 is 2.06 bits per heavy atom. The maximum Gasteiger partial charge on any atom is 0.156 e. The van der Waals surface area contributed by atoms with Gasteiger partial charge in [-0.3, -0.25) is 0 Å². The monoisotopic (exact) mass is 272 g/mol. The lowest BCUT2D eigenvalue weighted by Crippen LogP contribution is -2.46. The van der Waals surface area contributed by atoms with Gasteiger partial charge in [-0.15, -0.1) is 0 Å². The molecule has 2 unspecified atom stereocenters. The van der Waals surface area contributed by atoms with Crippen LogP contribution in [0.2, 0.25) is 0 Å². The topological polar surface area (TPSA) is 54.4 Å². The molecule has 0 amide bonds. The molecule has 2 saturated heterocycles. The minimum absolute atomic E-state index is 0.246. The van der Waals surface area contributed by atoms with Crippen molar-refractivity contribution in [1.29, 1.82) is 0 Å². The molecule has 3 fully saturated rings. The van der Waals surface area contributed by atoms with Crippen molar-refractivity contribution >= 4 is 9.84 Å². The molecule has 4 heteroatoms. The molecule has 0 aromatic heterocycles. The molecule has 2 aliphatic heterocycles. The maximum atomic E-state index is 12.0. The van der Waals surface area contributed by atoms with E-state index in [-0.39, 0.29) is 10.5 Å². The predicted octanol–water partition coefficient (Wildman–Crippen LogP) is 2.43. The molecule has 2 atom stereocenters. The maximum absolute atomic E-state index is 12.0. The zero-order valence-corrected chi connectivity index (χ0v) is 11.8. The molecule has 2 heterocycles. The van der Waals surface area contributed by atoms with Crippen LogP contribution < -0.4 is 0 Å². The fraction of sp³-hybridized carbons (Fsp3) is 1.00. The van der Waals surface area contributed by atoms with Gasteiger partial charge in [0.1, 0.15) is 0 Å². The van der Waals surface area contributed by atoms with Gasteiger partial charge < -0.3 is 5.11 Å². The summed E-state index contributed by atoms with van der Waals surface area (Å²) in [7, 11) is -2.90. The van der Waals surface area contributed by atoms with Gasteiger partial charge in [0.25, 0.3) is 0 Å². The molecule has 104 valence electrons. The van der Waals surface area contributed by atoms with Gasteiger partial charge in [0, 0.05) is 0 Å². The molecule has 2 bridgehead atoms. The number of sulfone groups is 1. The molecule has 0 radical (unpaired) electrons. The fourth-order valence-corrected chi connectivity index (χ4v) is 6.99.